The van der Waals surface area contributed by atoms with Gasteiger partial charge in [-0.1, -0.05) is 39.5 Å². The summed E-state index contributed by atoms with van der Waals surface area (Å²) >= 11 is 0. The summed E-state index contributed by atoms with van der Waals surface area (Å²) in [7, 11) is 0. The third-order valence-electron chi connectivity index (χ3n) is 4.44. The molecule has 1 unspecified atom stereocenters. The van der Waals surface area contributed by atoms with Crippen LogP contribution in [-0.4, -0.2) is 17.3 Å². The number of hydrogen-bond donors (Lipinski definition) is 2. The maximum absolute atomic E-state index is 10.8. The highest BCUT2D eigenvalue weighted by Crippen LogP contribution is 2.47. The van der Waals surface area contributed by atoms with Crippen LogP contribution in [0.4, 0.5) is 0 Å². The number of hydrogen-bond acceptors (Lipinski definition) is 2. The molecule has 1 rings (SSSR count). The standard InChI is InChI=1S/C13H27NO/c1-3-8-13(15,4-2)12(11-14)9-6-5-7-10-12/h15H,3-11,14H2,1-2H3. The summed E-state index contributed by atoms with van der Waals surface area (Å²) in [5, 5.41) is 10.8. The first-order valence-corrected chi connectivity index (χ1v) is 6.56. The Morgan fingerprint density at radius 2 is 1.80 bits per heavy atom. The Balaban J connectivity index is 2.84. The molecule has 2 heteroatoms. The number of nitrogens with two attached hydrogens (primary N) is 1. The molecule has 0 aromatic rings. The molecule has 0 spiro atoms. The van der Waals surface area contributed by atoms with E-state index in [1.54, 1.807) is 0 Å². The van der Waals surface area contributed by atoms with Crippen LogP contribution in [0.3, 0.4) is 0 Å². The van der Waals surface area contributed by atoms with Gasteiger partial charge in [0.05, 0.1) is 5.60 Å². The lowest BCUT2D eigenvalue weighted by molar-refractivity contribution is -0.108. The van der Waals surface area contributed by atoms with Crippen molar-refractivity contribution in [2.75, 3.05) is 6.54 Å². The molecule has 0 amide bonds. The van der Waals surface area contributed by atoms with Gasteiger partial charge in [0, 0.05) is 12.0 Å². The van der Waals surface area contributed by atoms with Crippen molar-refractivity contribution in [3.63, 3.8) is 0 Å². The van der Waals surface area contributed by atoms with Crippen molar-refractivity contribution in [3.8, 4) is 0 Å². The van der Waals surface area contributed by atoms with Crippen molar-refractivity contribution in [1.82, 2.24) is 0 Å². The van der Waals surface area contributed by atoms with Crippen molar-refractivity contribution in [2.24, 2.45) is 11.1 Å². The summed E-state index contributed by atoms with van der Waals surface area (Å²) in [6.07, 6.45) is 8.83. The van der Waals surface area contributed by atoms with Gasteiger partial charge in [0.15, 0.2) is 0 Å². The molecule has 3 N–H and O–H groups in total. The van der Waals surface area contributed by atoms with Crippen LogP contribution in [-0.2, 0) is 0 Å². The van der Waals surface area contributed by atoms with E-state index in [9.17, 15) is 5.11 Å². The zero-order chi connectivity index (χ0) is 11.4. The van der Waals surface area contributed by atoms with E-state index in [1.165, 1.54) is 19.3 Å². The molecule has 0 saturated heterocycles. The summed E-state index contributed by atoms with van der Waals surface area (Å²) in [6.45, 7) is 4.90. The summed E-state index contributed by atoms with van der Waals surface area (Å²) in [5.41, 5.74) is 5.46. The summed E-state index contributed by atoms with van der Waals surface area (Å²) in [4.78, 5) is 0. The summed E-state index contributed by atoms with van der Waals surface area (Å²) < 4.78 is 0. The van der Waals surface area contributed by atoms with Crippen LogP contribution in [0, 0.1) is 5.41 Å². The third kappa shape index (κ3) is 2.36. The van der Waals surface area contributed by atoms with E-state index >= 15 is 0 Å². The molecule has 2 nitrogen and oxygen atoms in total. The fourth-order valence-electron chi connectivity index (χ4n) is 3.32. The fourth-order valence-corrected chi connectivity index (χ4v) is 3.32. The minimum atomic E-state index is -0.517. The normalized spacial score (nSPS) is 24.8. The van der Waals surface area contributed by atoms with E-state index in [0.29, 0.717) is 6.54 Å². The highest BCUT2D eigenvalue weighted by molar-refractivity contribution is 5.00. The SMILES string of the molecule is CCCC(O)(CC)C1(CN)CCCCC1. The minimum absolute atomic E-state index is 0.00993. The minimum Gasteiger partial charge on any atom is -0.389 e. The van der Waals surface area contributed by atoms with Gasteiger partial charge in [-0.05, 0) is 25.7 Å². The van der Waals surface area contributed by atoms with E-state index < -0.39 is 5.60 Å². The molecule has 1 saturated carbocycles. The van der Waals surface area contributed by atoms with Crippen molar-refractivity contribution >= 4 is 0 Å². The van der Waals surface area contributed by atoms with E-state index in [-0.39, 0.29) is 5.41 Å². The lowest BCUT2D eigenvalue weighted by atomic mass is 9.61. The molecule has 0 bridgehead atoms. The molecular weight excluding hydrogens is 186 g/mol. The molecule has 90 valence electrons. The largest absolute Gasteiger partial charge is 0.389 e. The van der Waals surface area contributed by atoms with Crippen molar-refractivity contribution < 1.29 is 5.11 Å². The van der Waals surface area contributed by atoms with Gasteiger partial charge in [-0.2, -0.15) is 0 Å². The number of rotatable bonds is 5. The van der Waals surface area contributed by atoms with Crippen LogP contribution >= 0.6 is 0 Å². The molecule has 0 radical (unpaired) electrons. The Kier molecular flexibility index (Phi) is 4.60. The molecule has 0 aromatic carbocycles. The first-order valence-electron chi connectivity index (χ1n) is 6.56. The van der Waals surface area contributed by atoms with Gasteiger partial charge in [0.2, 0.25) is 0 Å². The smallest absolute Gasteiger partial charge is 0.0713 e. The monoisotopic (exact) mass is 213 g/mol. The lowest BCUT2D eigenvalue weighted by Crippen LogP contribution is -2.53. The zero-order valence-corrected chi connectivity index (χ0v) is 10.4. The Bertz CT molecular complexity index is 187. The lowest BCUT2D eigenvalue weighted by Gasteiger charge is -2.49. The highest BCUT2D eigenvalue weighted by atomic mass is 16.3. The zero-order valence-electron chi connectivity index (χ0n) is 10.4. The van der Waals surface area contributed by atoms with Gasteiger partial charge in [-0.15, -0.1) is 0 Å². The molecular formula is C13H27NO. The fraction of sp³-hybridized carbons (Fsp3) is 1.00. The van der Waals surface area contributed by atoms with Crippen molar-refractivity contribution in [2.45, 2.75) is 70.8 Å². The van der Waals surface area contributed by atoms with Gasteiger partial charge in [-0.25, -0.2) is 0 Å². The predicted molar refractivity (Wildman–Crippen MR) is 64.7 cm³/mol. The maximum Gasteiger partial charge on any atom is 0.0713 e. The highest BCUT2D eigenvalue weighted by Gasteiger charge is 2.47. The van der Waals surface area contributed by atoms with Gasteiger partial charge in [0.25, 0.3) is 0 Å². The van der Waals surface area contributed by atoms with Crippen LogP contribution in [0.15, 0.2) is 0 Å². The van der Waals surface area contributed by atoms with Crippen LogP contribution in [0.5, 0.6) is 0 Å². The first-order chi connectivity index (χ1) is 7.14. The van der Waals surface area contributed by atoms with Crippen LogP contribution in [0.2, 0.25) is 0 Å². The Morgan fingerprint density at radius 1 is 1.20 bits per heavy atom. The van der Waals surface area contributed by atoms with Gasteiger partial charge < -0.3 is 10.8 Å². The van der Waals surface area contributed by atoms with E-state index in [0.717, 1.165) is 32.1 Å². The second-order valence-electron chi connectivity index (χ2n) is 5.18. The molecule has 0 heterocycles. The Hall–Kier alpha value is -0.0800. The third-order valence-corrected chi connectivity index (χ3v) is 4.44. The average Bonchev–Trinajstić information content (AvgIpc) is 2.30. The predicted octanol–water partition coefficient (Wildman–Crippen LogP) is 2.84. The second-order valence-corrected chi connectivity index (χ2v) is 5.18. The van der Waals surface area contributed by atoms with Crippen molar-refractivity contribution in [3.05, 3.63) is 0 Å². The molecule has 1 atom stereocenters. The Morgan fingerprint density at radius 3 is 2.20 bits per heavy atom. The van der Waals surface area contributed by atoms with E-state index in [2.05, 4.69) is 13.8 Å². The maximum atomic E-state index is 10.8. The quantitative estimate of drug-likeness (QED) is 0.737. The molecule has 0 aliphatic heterocycles. The summed E-state index contributed by atoms with van der Waals surface area (Å²) in [6, 6.07) is 0. The van der Waals surface area contributed by atoms with Crippen LogP contribution in [0.25, 0.3) is 0 Å². The van der Waals surface area contributed by atoms with Gasteiger partial charge in [-0.3, -0.25) is 0 Å². The topological polar surface area (TPSA) is 46.2 Å². The van der Waals surface area contributed by atoms with Crippen LogP contribution in [0.1, 0.15) is 65.2 Å². The summed E-state index contributed by atoms with van der Waals surface area (Å²) in [5.74, 6) is 0. The molecule has 1 aliphatic carbocycles. The van der Waals surface area contributed by atoms with Crippen molar-refractivity contribution in [1.29, 1.82) is 0 Å². The van der Waals surface area contributed by atoms with E-state index in [1.807, 2.05) is 0 Å². The van der Waals surface area contributed by atoms with Gasteiger partial charge >= 0.3 is 0 Å². The Labute approximate surface area is 94.2 Å². The van der Waals surface area contributed by atoms with Crippen LogP contribution < -0.4 is 5.73 Å². The molecule has 0 aromatic heterocycles. The van der Waals surface area contributed by atoms with E-state index in [4.69, 9.17) is 5.73 Å². The molecule has 15 heavy (non-hydrogen) atoms. The molecule has 1 aliphatic rings. The first kappa shape index (κ1) is 13.0. The number of aliphatic hydroxyl groups is 1. The second kappa shape index (κ2) is 5.31. The molecule has 1 fully saturated rings. The van der Waals surface area contributed by atoms with Gasteiger partial charge in [0.1, 0.15) is 0 Å². The average molecular weight is 213 g/mol.